The molecule has 0 saturated heterocycles. The van der Waals surface area contributed by atoms with E-state index in [9.17, 15) is 0 Å². The lowest BCUT2D eigenvalue weighted by atomic mass is 9.86. The molecular weight excluding hydrogens is 346 g/mol. The van der Waals surface area contributed by atoms with Crippen LogP contribution in [0.2, 0.25) is 0 Å². The normalized spacial score (nSPS) is 11.9. The number of aryl methyl sites for hydroxylation is 2. The first-order chi connectivity index (χ1) is 12.8. The third-order valence-corrected chi connectivity index (χ3v) is 6.03. The Kier molecular flexibility index (Phi) is 4.39. The lowest BCUT2D eigenvalue weighted by Gasteiger charge is -2.18. The number of hydrogen-bond acceptors (Lipinski definition) is 2. The SMILES string of the molecule is Cc1cc(C)cc(-c2ccc3cc(-c4ccc(C(C)(C)C)cc4)sc3n2)c1. The van der Waals surface area contributed by atoms with Gasteiger partial charge in [-0.05, 0) is 60.7 Å². The van der Waals surface area contributed by atoms with Crippen molar-refractivity contribution >= 4 is 21.6 Å². The van der Waals surface area contributed by atoms with Crippen molar-refractivity contribution in [2.75, 3.05) is 0 Å². The highest BCUT2D eigenvalue weighted by molar-refractivity contribution is 7.21. The van der Waals surface area contributed by atoms with Crippen LogP contribution in [-0.2, 0) is 5.41 Å². The van der Waals surface area contributed by atoms with Crippen LogP contribution in [0.1, 0.15) is 37.5 Å². The molecule has 0 unspecified atom stereocenters. The van der Waals surface area contributed by atoms with Gasteiger partial charge in [-0.3, -0.25) is 0 Å². The number of hydrogen-bond donors (Lipinski definition) is 0. The molecule has 2 heterocycles. The molecule has 0 saturated carbocycles. The molecule has 0 aliphatic carbocycles. The highest BCUT2D eigenvalue weighted by atomic mass is 32.1. The van der Waals surface area contributed by atoms with Crippen molar-refractivity contribution in [3.63, 3.8) is 0 Å². The van der Waals surface area contributed by atoms with E-state index < -0.39 is 0 Å². The first-order valence-corrected chi connectivity index (χ1v) is 10.2. The summed E-state index contributed by atoms with van der Waals surface area (Å²) in [6.45, 7) is 11.0. The van der Waals surface area contributed by atoms with Gasteiger partial charge in [0.15, 0.2) is 0 Å². The molecule has 2 aromatic carbocycles. The van der Waals surface area contributed by atoms with Gasteiger partial charge in [-0.2, -0.15) is 0 Å². The van der Waals surface area contributed by atoms with Crippen LogP contribution >= 0.6 is 11.3 Å². The second-order valence-corrected chi connectivity index (χ2v) is 9.44. The minimum Gasteiger partial charge on any atom is -0.237 e. The van der Waals surface area contributed by atoms with Gasteiger partial charge in [0.05, 0.1) is 5.69 Å². The summed E-state index contributed by atoms with van der Waals surface area (Å²) in [6, 6.07) is 22.2. The number of rotatable bonds is 2. The van der Waals surface area contributed by atoms with Gasteiger partial charge in [-0.15, -0.1) is 11.3 Å². The summed E-state index contributed by atoms with van der Waals surface area (Å²) < 4.78 is 0. The van der Waals surface area contributed by atoms with Crippen molar-refractivity contribution in [2.24, 2.45) is 0 Å². The predicted molar refractivity (Wildman–Crippen MR) is 119 cm³/mol. The number of fused-ring (bicyclic) bond motifs is 1. The molecule has 2 aromatic heterocycles. The van der Waals surface area contributed by atoms with Gasteiger partial charge in [0.2, 0.25) is 0 Å². The van der Waals surface area contributed by atoms with Crippen LogP contribution in [0.15, 0.2) is 60.7 Å². The Hall–Kier alpha value is -2.45. The Morgan fingerprint density at radius 2 is 1.41 bits per heavy atom. The minimum absolute atomic E-state index is 0.182. The molecule has 1 nitrogen and oxygen atoms in total. The number of nitrogens with zero attached hydrogens (tertiary/aromatic N) is 1. The van der Waals surface area contributed by atoms with Crippen molar-refractivity contribution < 1.29 is 0 Å². The largest absolute Gasteiger partial charge is 0.237 e. The van der Waals surface area contributed by atoms with Gasteiger partial charge in [-0.25, -0.2) is 4.98 Å². The first-order valence-electron chi connectivity index (χ1n) is 9.40. The first kappa shape index (κ1) is 17.9. The molecule has 4 aromatic rings. The molecule has 27 heavy (non-hydrogen) atoms. The molecule has 0 bridgehead atoms. The van der Waals surface area contributed by atoms with Crippen LogP contribution in [0.5, 0.6) is 0 Å². The molecular formula is C25H25NS. The van der Waals surface area contributed by atoms with E-state index >= 15 is 0 Å². The zero-order valence-corrected chi connectivity index (χ0v) is 17.4. The quantitative estimate of drug-likeness (QED) is 0.354. The zero-order chi connectivity index (χ0) is 19.2. The molecule has 136 valence electrons. The highest BCUT2D eigenvalue weighted by Crippen LogP contribution is 2.35. The average molecular weight is 372 g/mol. The van der Waals surface area contributed by atoms with Crippen molar-refractivity contribution in [3.8, 4) is 21.7 Å². The van der Waals surface area contributed by atoms with Crippen LogP contribution < -0.4 is 0 Å². The molecule has 0 amide bonds. The Morgan fingerprint density at radius 3 is 2.04 bits per heavy atom. The molecule has 0 aliphatic rings. The Bertz CT molecular complexity index is 1090. The zero-order valence-electron chi connectivity index (χ0n) is 16.6. The lowest BCUT2D eigenvalue weighted by Crippen LogP contribution is -2.10. The fourth-order valence-electron chi connectivity index (χ4n) is 3.48. The summed E-state index contributed by atoms with van der Waals surface area (Å²) in [7, 11) is 0. The summed E-state index contributed by atoms with van der Waals surface area (Å²) in [5.41, 5.74) is 7.60. The Morgan fingerprint density at radius 1 is 0.741 bits per heavy atom. The van der Waals surface area contributed by atoms with Crippen LogP contribution in [-0.4, -0.2) is 4.98 Å². The molecule has 0 spiro atoms. The highest BCUT2D eigenvalue weighted by Gasteiger charge is 2.14. The van der Waals surface area contributed by atoms with E-state index in [-0.39, 0.29) is 5.41 Å². The van der Waals surface area contributed by atoms with Gasteiger partial charge in [0.25, 0.3) is 0 Å². The van der Waals surface area contributed by atoms with Gasteiger partial charge < -0.3 is 0 Å². The molecule has 2 heteroatoms. The van der Waals surface area contributed by atoms with Crippen LogP contribution in [0.3, 0.4) is 0 Å². The maximum Gasteiger partial charge on any atom is 0.124 e. The summed E-state index contributed by atoms with van der Waals surface area (Å²) in [6.07, 6.45) is 0. The maximum atomic E-state index is 4.95. The van der Waals surface area contributed by atoms with Crippen LogP contribution in [0.25, 0.3) is 31.9 Å². The maximum absolute atomic E-state index is 4.95. The van der Waals surface area contributed by atoms with Gasteiger partial charge in [0.1, 0.15) is 4.83 Å². The monoisotopic (exact) mass is 371 g/mol. The van der Waals surface area contributed by atoms with Crippen molar-refractivity contribution in [1.29, 1.82) is 0 Å². The average Bonchev–Trinajstić information content (AvgIpc) is 3.03. The third kappa shape index (κ3) is 3.68. The van der Waals surface area contributed by atoms with E-state index in [4.69, 9.17) is 4.98 Å². The second kappa shape index (κ2) is 6.61. The smallest absolute Gasteiger partial charge is 0.124 e. The van der Waals surface area contributed by atoms with Gasteiger partial charge >= 0.3 is 0 Å². The number of benzene rings is 2. The van der Waals surface area contributed by atoms with Gasteiger partial charge in [-0.1, -0.05) is 62.2 Å². The molecule has 0 atom stereocenters. The number of pyridine rings is 1. The Balaban J connectivity index is 1.72. The molecule has 0 N–H and O–H groups in total. The summed E-state index contributed by atoms with van der Waals surface area (Å²) in [5, 5.41) is 1.21. The predicted octanol–water partition coefficient (Wildman–Crippen LogP) is 7.54. The van der Waals surface area contributed by atoms with E-state index in [1.165, 1.54) is 38.1 Å². The van der Waals surface area contributed by atoms with Gasteiger partial charge in [0, 0.05) is 15.8 Å². The van der Waals surface area contributed by atoms with E-state index in [0.29, 0.717) is 0 Å². The molecule has 0 radical (unpaired) electrons. The fourth-order valence-corrected chi connectivity index (χ4v) is 4.51. The standard InChI is InChI=1S/C25H25NS/c1-16-12-17(2)14-20(13-16)22-11-8-19-15-23(27-24(19)26-22)18-6-9-21(10-7-18)25(3,4)5/h6-15H,1-5H3. The lowest BCUT2D eigenvalue weighted by molar-refractivity contribution is 0.590. The molecule has 4 rings (SSSR count). The van der Waals surface area contributed by atoms with Crippen molar-refractivity contribution in [3.05, 3.63) is 77.4 Å². The summed E-state index contributed by atoms with van der Waals surface area (Å²) in [5.74, 6) is 0. The second-order valence-electron chi connectivity index (χ2n) is 8.41. The Labute approximate surface area is 165 Å². The number of thiophene rings is 1. The van der Waals surface area contributed by atoms with E-state index in [1.807, 2.05) is 0 Å². The van der Waals surface area contributed by atoms with Crippen molar-refractivity contribution in [2.45, 2.75) is 40.0 Å². The topological polar surface area (TPSA) is 12.9 Å². The van der Waals surface area contributed by atoms with Crippen LogP contribution in [0.4, 0.5) is 0 Å². The minimum atomic E-state index is 0.182. The summed E-state index contributed by atoms with van der Waals surface area (Å²) >= 11 is 1.77. The molecule has 0 aliphatic heterocycles. The summed E-state index contributed by atoms with van der Waals surface area (Å²) in [4.78, 5) is 7.32. The van der Waals surface area contributed by atoms with Crippen molar-refractivity contribution in [1.82, 2.24) is 4.98 Å². The molecule has 0 fully saturated rings. The third-order valence-electron chi connectivity index (χ3n) is 4.94. The fraction of sp³-hybridized carbons (Fsp3) is 0.240. The van der Waals surface area contributed by atoms with E-state index in [0.717, 1.165) is 10.5 Å². The van der Waals surface area contributed by atoms with Crippen LogP contribution in [0, 0.1) is 13.8 Å². The van der Waals surface area contributed by atoms with E-state index in [2.05, 4.69) is 95.3 Å². The van der Waals surface area contributed by atoms with E-state index in [1.54, 1.807) is 11.3 Å². The number of aromatic nitrogens is 1.